The fourth-order valence-corrected chi connectivity index (χ4v) is 1.79. The van der Waals surface area contributed by atoms with Crippen LogP contribution in [0.25, 0.3) is 11.3 Å². The number of nitrogens with zero attached hydrogens (tertiary/aromatic N) is 1. The molecule has 0 amide bonds. The van der Waals surface area contributed by atoms with E-state index in [-0.39, 0.29) is 0 Å². The van der Waals surface area contributed by atoms with Gasteiger partial charge >= 0.3 is 0 Å². The summed E-state index contributed by atoms with van der Waals surface area (Å²) in [4.78, 5) is 0. The predicted octanol–water partition coefficient (Wildman–Crippen LogP) is 3.28. The monoisotopic (exact) mass is 239 g/mol. The lowest BCUT2D eigenvalue weighted by molar-refractivity contribution is 0.518. The van der Waals surface area contributed by atoms with E-state index in [0.29, 0.717) is 6.54 Å². The Balaban J connectivity index is 1.68. The van der Waals surface area contributed by atoms with Gasteiger partial charge in [0, 0.05) is 11.9 Å². The van der Waals surface area contributed by atoms with Crippen molar-refractivity contribution in [3.05, 3.63) is 60.7 Å². The molecule has 2 heterocycles. The number of H-pyrrole nitrogens is 1. The maximum absolute atomic E-state index is 5.26. The molecule has 0 spiro atoms. The Bertz CT molecular complexity index is 583. The fraction of sp³-hybridized carbons (Fsp3) is 0.0714. The number of aromatic nitrogens is 2. The molecule has 3 rings (SSSR count). The van der Waals surface area contributed by atoms with Crippen molar-refractivity contribution in [2.24, 2.45) is 0 Å². The summed E-state index contributed by atoms with van der Waals surface area (Å²) in [7, 11) is 0. The van der Waals surface area contributed by atoms with E-state index in [2.05, 4.69) is 27.6 Å². The minimum atomic E-state index is 0.691. The van der Waals surface area contributed by atoms with E-state index in [1.807, 2.05) is 30.3 Å². The number of rotatable bonds is 4. The second-order valence-electron chi connectivity index (χ2n) is 3.98. The van der Waals surface area contributed by atoms with E-state index in [1.165, 1.54) is 0 Å². The first-order chi connectivity index (χ1) is 8.92. The Hall–Kier alpha value is -2.49. The minimum absolute atomic E-state index is 0.691. The molecule has 1 aromatic carbocycles. The molecule has 3 aromatic rings. The van der Waals surface area contributed by atoms with E-state index >= 15 is 0 Å². The van der Waals surface area contributed by atoms with E-state index in [9.17, 15) is 0 Å². The Kier molecular flexibility index (Phi) is 2.84. The van der Waals surface area contributed by atoms with Crippen molar-refractivity contribution in [1.29, 1.82) is 0 Å². The zero-order valence-corrected chi connectivity index (χ0v) is 9.76. The predicted molar refractivity (Wildman–Crippen MR) is 70.1 cm³/mol. The molecule has 0 aliphatic carbocycles. The molecule has 0 bridgehead atoms. The maximum Gasteiger partial charge on any atom is 0.122 e. The molecule has 0 aliphatic heterocycles. The number of furan rings is 1. The summed E-state index contributed by atoms with van der Waals surface area (Å²) in [5.41, 5.74) is 3.21. The van der Waals surface area contributed by atoms with E-state index < -0.39 is 0 Å². The van der Waals surface area contributed by atoms with Crippen LogP contribution >= 0.6 is 0 Å². The Morgan fingerprint density at radius 3 is 2.67 bits per heavy atom. The van der Waals surface area contributed by atoms with Crippen molar-refractivity contribution in [2.45, 2.75) is 6.54 Å². The fourth-order valence-electron chi connectivity index (χ4n) is 1.79. The molecule has 0 aliphatic rings. The highest BCUT2D eigenvalue weighted by Crippen LogP contribution is 2.19. The van der Waals surface area contributed by atoms with Gasteiger partial charge in [0.05, 0.1) is 18.5 Å². The third-order valence-corrected chi connectivity index (χ3v) is 2.74. The molecule has 90 valence electrons. The lowest BCUT2D eigenvalue weighted by Gasteiger charge is -2.05. The first-order valence-electron chi connectivity index (χ1n) is 5.78. The van der Waals surface area contributed by atoms with Gasteiger partial charge in [0.25, 0.3) is 0 Å². The second-order valence-corrected chi connectivity index (χ2v) is 3.98. The Morgan fingerprint density at radius 1 is 1.11 bits per heavy atom. The summed E-state index contributed by atoms with van der Waals surface area (Å²) in [6.45, 7) is 0.691. The Morgan fingerprint density at radius 2 is 2.00 bits per heavy atom. The summed E-state index contributed by atoms with van der Waals surface area (Å²) < 4.78 is 5.26. The summed E-state index contributed by atoms with van der Waals surface area (Å²) in [5, 5.41) is 10.2. The standard InChI is InChI=1S/C14H13N3O/c1-2-13(18-9-1)10-15-12-5-3-11(4-6-12)14-7-8-16-17-14/h1-9,15H,10H2,(H,16,17). The molecule has 2 aromatic heterocycles. The van der Waals surface area contributed by atoms with Gasteiger partial charge in [0.2, 0.25) is 0 Å². The van der Waals surface area contributed by atoms with E-state index in [4.69, 9.17) is 4.42 Å². The number of nitrogens with one attached hydrogen (secondary N) is 2. The molecular formula is C14H13N3O. The quantitative estimate of drug-likeness (QED) is 0.734. The third kappa shape index (κ3) is 2.27. The topological polar surface area (TPSA) is 53.9 Å². The Labute approximate surface area is 105 Å². The largest absolute Gasteiger partial charge is 0.467 e. The third-order valence-electron chi connectivity index (χ3n) is 2.74. The summed E-state index contributed by atoms with van der Waals surface area (Å²) >= 11 is 0. The first-order valence-corrected chi connectivity index (χ1v) is 5.78. The number of anilines is 1. The highest BCUT2D eigenvalue weighted by molar-refractivity contribution is 5.62. The van der Waals surface area contributed by atoms with Crippen LogP contribution < -0.4 is 5.32 Å². The van der Waals surface area contributed by atoms with Crippen LogP contribution in [0.15, 0.2) is 59.3 Å². The number of hydrogen-bond acceptors (Lipinski definition) is 3. The molecule has 4 heteroatoms. The average molecular weight is 239 g/mol. The highest BCUT2D eigenvalue weighted by atomic mass is 16.3. The lowest BCUT2D eigenvalue weighted by Crippen LogP contribution is -1.97. The van der Waals surface area contributed by atoms with Gasteiger partial charge in [-0.15, -0.1) is 0 Å². The molecule has 4 nitrogen and oxygen atoms in total. The lowest BCUT2D eigenvalue weighted by atomic mass is 10.1. The molecule has 0 saturated heterocycles. The van der Waals surface area contributed by atoms with Gasteiger partial charge in [-0.1, -0.05) is 12.1 Å². The van der Waals surface area contributed by atoms with Gasteiger partial charge in [-0.25, -0.2) is 0 Å². The molecule has 0 saturated carbocycles. The SMILES string of the molecule is c1coc(CNc2ccc(-c3ccn[nH]3)cc2)c1. The second kappa shape index (κ2) is 4.79. The summed E-state index contributed by atoms with van der Waals surface area (Å²) in [6.07, 6.45) is 3.43. The van der Waals surface area contributed by atoms with Gasteiger partial charge in [0.15, 0.2) is 0 Å². The van der Waals surface area contributed by atoms with Crippen LogP contribution in [-0.2, 0) is 6.54 Å². The van der Waals surface area contributed by atoms with Crippen molar-refractivity contribution < 1.29 is 4.42 Å². The molecule has 0 atom stereocenters. The minimum Gasteiger partial charge on any atom is -0.467 e. The number of benzene rings is 1. The van der Waals surface area contributed by atoms with Crippen LogP contribution in [0, 0.1) is 0 Å². The van der Waals surface area contributed by atoms with Crippen LogP contribution in [-0.4, -0.2) is 10.2 Å². The van der Waals surface area contributed by atoms with Crippen LogP contribution in [0.4, 0.5) is 5.69 Å². The smallest absolute Gasteiger partial charge is 0.122 e. The van der Waals surface area contributed by atoms with E-state index in [1.54, 1.807) is 12.5 Å². The van der Waals surface area contributed by atoms with Crippen LogP contribution in [0.2, 0.25) is 0 Å². The van der Waals surface area contributed by atoms with Gasteiger partial charge < -0.3 is 9.73 Å². The average Bonchev–Trinajstić information content (AvgIpc) is 3.10. The van der Waals surface area contributed by atoms with E-state index in [0.717, 1.165) is 22.7 Å². The normalized spacial score (nSPS) is 10.4. The van der Waals surface area contributed by atoms with Crippen LogP contribution in [0.5, 0.6) is 0 Å². The van der Waals surface area contributed by atoms with Gasteiger partial charge in [0.1, 0.15) is 5.76 Å². The zero-order valence-electron chi connectivity index (χ0n) is 9.76. The maximum atomic E-state index is 5.26. The molecule has 0 unspecified atom stereocenters. The number of aromatic amines is 1. The number of hydrogen-bond donors (Lipinski definition) is 2. The van der Waals surface area contributed by atoms with Crippen LogP contribution in [0.3, 0.4) is 0 Å². The van der Waals surface area contributed by atoms with Crippen molar-refractivity contribution >= 4 is 5.69 Å². The molecule has 2 N–H and O–H groups in total. The molecule has 0 fully saturated rings. The molecular weight excluding hydrogens is 226 g/mol. The molecule has 18 heavy (non-hydrogen) atoms. The van der Waals surface area contributed by atoms with Gasteiger partial charge in [-0.05, 0) is 35.9 Å². The summed E-state index contributed by atoms with van der Waals surface area (Å²) in [5.74, 6) is 0.924. The van der Waals surface area contributed by atoms with Crippen molar-refractivity contribution in [1.82, 2.24) is 10.2 Å². The molecule has 0 radical (unpaired) electrons. The van der Waals surface area contributed by atoms with Gasteiger partial charge in [-0.3, -0.25) is 5.10 Å². The van der Waals surface area contributed by atoms with Crippen LogP contribution in [0.1, 0.15) is 5.76 Å². The zero-order chi connectivity index (χ0) is 12.2. The van der Waals surface area contributed by atoms with Gasteiger partial charge in [-0.2, -0.15) is 5.10 Å². The summed E-state index contributed by atoms with van der Waals surface area (Å²) in [6, 6.07) is 14.0. The first kappa shape index (κ1) is 10.7. The van der Waals surface area contributed by atoms with Crippen molar-refractivity contribution in [3.8, 4) is 11.3 Å². The van der Waals surface area contributed by atoms with Crippen molar-refractivity contribution in [2.75, 3.05) is 5.32 Å². The van der Waals surface area contributed by atoms with Crippen molar-refractivity contribution in [3.63, 3.8) is 0 Å². The highest BCUT2D eigenvalue weighted by Gasteiger charge is 1.99.